The number of carbonyl (C=O) groups is 2. The predicted octanol–water partition coefficient (Wildman–Crippen LogP) is 1.87. The van der Waals surface area contributed by atoms with Crippen molar-refractivity contribution >= 4 is 12.0 Å². The van der Waals surface area contributed by atoms with E-state index >= 15 is 0 Å². The highest BCUT2D eigenvalue weighted by Crippen LogP contribution is 2.12. The molecule has 2 atom stereocenters. The van der Waals surface area contributed by atoms with Gasteiger partial charge >= 0.3 is 6.09 Å². The third kappa shape index (κ3) is 7.38. The number of carbonyl (C=O) groups excluding carboxylic acids is 2. The van der Waals surface area contributed by atoms with E-state index in [1.165, 1.54) is 0 Å². The van der Waals surface area contributed by atoms with Gasteiger partial charge in [-0.05, 0) is 24.0 Å². The largest absolute Gasteiger partial charge is 0.445 e. The summed E-state index contributed by atoms with van der Waals surface area (Å²) in [7, 11) is 0. The lowest BCUT2D eigenvalue weighted by Crippen LogP contribution is -2.43. The van der Waals surface area contributed by atoms with Crippen molar-refractivity contribution in [2.45, 2.75) is 31.5 Å². The first-order valence-corrected chi connectivity index (χ1v) is 9.26. The third-order valence-corrected chi connectivity index (χ3v) is 4.21. The molecule has 0 heterocycles. The molecule has 150 valence electrons. The molecule has 2 aromatic carbocycles. The fourth-order valence-electron chi connectivity index (χ4n) is 2.62. The molecule has 0 saturated carbocycles. The number of alkyl carbamates (subject to hydrolysis) is 1. The van der Waals surface area contributed by atoms with Crippen LogP contribution in [0.2, 0.25) is 0 Å². The number of ether oxygens (including phenoxy) is 1. The van der Waals surface area contributed by atoms with Crippen molar-refractivity contribution in [2.75, 3.05) is 13.2 Å². The number of aliphatic hydroxyl groups is 1. The van der Waals surface area contributed by atoms with Crippen LogP contribution in [0.15, 0.2) is 60.7 Å². The summed E-state index contributed by atoms with van der Waals surface area (Å²) < 4.78 is 5.11. The van der Waals surface area contributed by atoms with E-state index in [9.17, 15) is 14.7 Å². The van der Waals surface area contributed by atoms with Crippen molar-refractivity contribution in [3.8, 4) is 0 Å². The molecule has 0 aliphatic rings. The second-order valence-electron chi connectivity index (χ2n) is 6.39. The first-order valence-electron chi connectivity index (χ1n) is 9.26. The SMILES string of the molecule is N[C@@H](CCCNC(=O)OCc1ccccc1)C(=O)N[C@@H](CO)c1ccccc1. The van der Waals surface area contributed by atoms with Crippen LogP contribution in [-0.2, 0) is 16.1 Å². The van der Waals surface area contributed by atoms with Crippen LogP contribution >= 0.6 is 0 Å². The van der Waals surface area contributed by atoms with Gasteiger partial charge in [0.15, 0.2) is 0 Å². The zero-order chi connectivity index (χ0) is 20.2. The van der Waals surface area contributed by atoms with E-state index in [-0.39, 0.29) is 19.1 Å². The molecule has 2 rings (SSSR count). The van der Waals surface area contributed by atoms with Gasteiger partial charge in [0, 0.05) is 6.54 Å². The number of rotatable bonds is 10. The Kier molecular flexibility index (Phi) is 8.97. The molecule has 0 unspecified atom stereocenters. The average Bonchev–Trinajstić information content (AvgIpc) is 2.74. The van der Waals surface area contributed by atoms with Gasteiger partial charge in [-0.1, -0.05) is 60.7 Å². The first kappa shape index (κ1) is 21.4. The zero-order valence-corrected chi connectivity index (χ0v) is 15.7. The molecule has 0 bridgehead atoms. The van der Waals surface area contributed by atoms with Gasteiger partial charge in [-0.15, -0.1) is 0 Å². The van der Waals surface area contributed by atoms with Crippen LogP contribution in [0.5, 0.6) is 0 Å². The Morgan fingerprint density at radius 1 is 1.04 bits per heavy atom. The maximum atomic E-state index is 12.2. The van der Waals surface area contributed by atoms with Gasteiger partial charge < -0.3 is 26.2 Å². The molecule has 7 heteroatoms. The Morgan fingerprint density at radius 3 is 2.32 bits per heavy atom. The normalized spacial score (nSPS) is 12.6. The molecule has 0 fully saturated rings. The topological polar surface area (TPSA) is 114 Å². The number of hydrogen-bond donors (Lipinski definition) is 4. The smallest absolute Gasteiger partial charge is 0.407 e. The summed E-state index contributed by atoms with van der Waals surface area (Å²) in [5.41, 5.74) is 7.64. The molecule has 0 aliphatic carbocycles. The average molecular weight is 385 g/mol. The second kappa shape index (κ2) is 11.7. The molecule has 7 nitrogen and oxygen atoms in total. The van der Waals surface area contributed by atoms with E-state index in [2.05, 4.69) is 10.6 Å². The summed E-state index contributed by atoms with van der Waals surface area (Å²) in [6.45, 7) is 0.352. The van der Waals surface area contributed by atoms with Gasteiger partial charge in [0.05, 0.1) is 18.7 Å². The molecule has 0 aliphatic heterocycles. The van der Waals surface area contributed by atoms with Crippen LogP contribution < -0.4 is 16.4 Å². The summed E-state index contributed by atoms with van der Waals surface area (Å²) in [6.07, 6.45) is 0.424. The van der Waals surface area contributed by atoms with Crippen molar-refractivity contribution in [3.63, 3.8) is 0 Å². The van der Waals surface area contributed by atoms with Crippen LogP contribution in [0.4, 0.5) is 4.79 Å². The molecule has 0 spiro atoms. The predicted molar refractivity (Wildman–Crippen MR) is 106 cm³/mol. The van der Waals surface area contributed by atoms with Crippen LogP contribution in [0.1, 0.15) is 30.0 Å². The second-order valence-corrected chi connectivity index (χ2v) is 6.39. The maximum Gasteiger partial charge on any atom is 0.407 e. The highest BCUT2D eigenvalue weighted by molar-refractivity contribution is 5.81. The Balaban J connectivity index is 1.63. The minimum Gasteiger partial charge on any atom is -0.445 e. The molecule has 2 amide bonds. The highest BCUT2D eigenvalue weighted by Gasteiger charge is 2.18. The van der Waals surface area contributed by atoms with Crippen molar-refractivity contribution in [1.82, 2.24) is 10.6 Å². The van der Waals surface area contributed by atoms with Crippen molar-refractivity contribution in [3.05, 3.63) is 71.8 Å². The van der Waals surface area contributed by atoms with Gasteiger partial charge in [-0.25, -0.2) is 4.79 Å². The summed E-state index contributed by atoms with van der Waals surface area (Å²) in [4.78, 5) is 23.9. The van der Waals surface area contributed by atoms with Gasteiger partial charge in [0.2, 0.25) is 5.91 Å². The third-order valence-electron chi connectivity index (χ3n) is 4.21. The minimum atomic E-state index is -0.722. The highest BCUT2D eigenvalue weighted by atomic mass is 16.5. The Bertz CT molecular complexity index is 725. The molecule has 28 heavy (non-hydrogen) atoms. The number of nitrogens with one attached hydrogen (secondary N) is 2. The molecule has 2 aromatic rings. The van der Waals surface area contributed by atoms with Crippen LogP contribution in [0, 0.1) is 0 Å². The van der Waals surface area contributed by atoms with Crippen LogP contribution in [0.3, 0.4) is 0 Å². The summed E-state index contributed by atoms with van der Waals surface area (Å²) in [6, 6.07) is 17.4. The Morgan fingerprint density at radius 2 is 1.68 bits per heavy atom. The van der Waals surface area contributed by atoms with Gasteiger partial charge in [-0.3, -0.25) is 4.79 Å². The van der Waals surface area contributed by atoms with Crippen molar-refractivity contribution in [2.24, 2.45) is 5.73 Å². The summed E-state index contributed by atoms with van der Waals surface area (Å²) in [5.74, 6) is -0.338. The van der Waals surface area contributed by atoms with Gasteiger partial charge in [0.25, 0.3) is 0 Å². The van der Waals surface area contributed by atoms with E-state index in [1.54, 1.807) is 0 Å². The number of aliphatic hydroxyl groups excluding tert-OH is 1. The minimum absolute atomic E-state index is 0.205. The quantitative estimate of drug-likeness (QED) is 0.466. The Hall–Kier alpha value is -2.90. The number of amides is 2. The van der Waals surface area contributed by atoms with E-state index in [0.29, 0.717) is 19.4 Å². The number of nitrogens with two attached hydrogens (primary N) is 1. The number of hydrogen-bond acceptors (Lipinski definition) is 5. The molecular formula is C21H27N3O4. The lowest BCUT2D eigenvalue weighted by atomic mass is 10.1. The van der Waals surface area contributed by atoms with Crippen LogP contribution in [-0.4, -0.2) is 36.3 Å². The number of benzene rings is 2. The lowest BCUT2D eigenvalue weighted by molar-refractivity contribution is -0.123. The fraction of sp³-hybridized carbons (Fsp3) is 0.333. The lowest BCUT2D eigenvalue weighted by Gasteiger charge is -2.19. The monoisotopic (exact) mass is 385 g/mol. The zero-order valence-electron chi connectivity index (χ0n) is 15.7. The maximum absolute atomic E-state index is 12.2. The fourth-order valence-corrected chi connectivity index (χ4v) is 2.62. The Labute approximate surface area is 164 Å². The van der Waals surface area contributed by atoms with Crippen molar-refractivity contribution < 1.29 is 19.4 Å². The van der Waals surface area contributed by atoms with E-state index in [4.69, 9.17) is 10.5 Å². The molecule has 0 radical (unpaired) electrons. The van der Waals surface area contributed by atoms with Gasteiger partial charge in [0.1, 0.15) is 6.61 Å². The van der Waals surface area contributed by atoms with Crippen molar-refractivity contribution in [1.29, 1.82) is 0 Å². The molecular weight excluding hydrogens is 358 g/mol. The molecule has 0 saturated heterocycles. The van der Waals surface area contributed by atoms with E-state index in [1.807, 2.05) is 60.7 Å². The summed E-state index contributed by atoms with van der Waals surface area (Å²) >= 11 is 0. The van der Waals surface area contributed by atoms with Gasteiger partial charge in [-0.2, -0.15) is 0 Å². The van der Waals surface area contributed by atoms with E-state index in [0.717, 1.165) is 11.1 Å². The standard InChI is InChI=1S/C21H27N3O4/c22-18(20(26)24-19(14-25)17-10-5-2-6-11-17)12-7-13-23-21(27)28-15-16-8-3-1-4-9-16/h1-6,8-11,18-19,25H,7,12-15,22H2,(H,23,27)(H,24,26)/t18-,19-/m0/s1. The summed E-state index contributed by atoms with van der Waals surface area (Å²) in [5, 5.41) is 14.9. The van der Waals surface area contributed by atoms with E-state index < -0.39 is 18.2 Å². The first-order chi connectivity index (χ1) is 13.6. The van der Waals surface area contributed by atoms with Crippen LogP contribution in [0.25, 0.3) is 0 Å². The molecule has 5 N–H and O–H groups in total. The molecule has 0 aromatic heterocycles.